The second kappa shape index (κ2) is 5.72. The normalized spacial score (nSPS) is 23.9. The second-order valence-corrected chi connectivity index (χ2v) is 6.28. The van der Waals surface area contributed by atoms with E-state index in [0.29, 0.717) is 18.1 Å². The van der Waals surface area contributed by atoms with Crippen LogP contribution in [0.25, 0.3) is 11.5 Å². The van der Waals surface area contributed by atoms with E-state index >= 15 is 0 Å². The molecule has 0 aromatic carbocycles. The largest absolute Gasteiger partial charge is 0.370 e. The van der Waals surface area contributed by atoms with Crippen LogP contribution in [0.15, 0.2) is 18.6 Å². The molecule has 2 aliphatic rings. The van der Waals surface area contributed by atoms with Gasteiger partial charge in [0.25, 0.3) is 0 Å². The average Bonchev–Trinajstić information content (AvgIpc) is 3.17. The molecule has 2 fully saturated rings. The highest BCUT2D eigenvalue weighted by atomic mass is 16.5. The van der Waals surface area contributed by atoms with Crippen LogP contribution < -0.4 is 0 Å². The highest BCUT2D eigenvalue weighted by Gasteiger charge is 2.41. The SMILES string of the molecule is c1cc(-c2nnn(C[C@H]3CCC4(CCCCC4)O3)n2)ncn1. The summed E-state index contributed by atoms with van der Waals surface area (Å²) in [6.07, 6.45) is 12.0. The van der Waals surface area contributed by atoms with Crippen molar-refractivity contribution in [1.82, 2.24) is 30.2 Å². The summed E-state index contributed by atoms with van der Waals surface area (Å²) in [5.74, 6) is 0.535. The highest BCUT2D eigenvalue weighted by molar-refractivity contribution is 5.45. The van der Waals surface area contributed by atoms with E-state index in [4.69, 9.17) is 4.74 Å². The summed E-state index contributed by atoms with van der Waals surface area (Å²) in [4.78, 5) is 9.67. The van der Waals surface area contributed by atoms with Crippen molar-refractivity contribution in [2.45, 2.75) is 63.2 Å². The predicted molar refractivity (Wildman–Crippen MR) is 78.8 cm³/mol. The Morgan fingerprint density at radius 1 is 1.23 bits per heavy atom. The average molecular weight is 300 g/mol. The Morgan fingerprint density at radius 3 is 2.95 bits per heavy atom. The first-order valence-electron chi connectivity index (χ1n) is 8.05. The summed E-state index contributed by atoms with van der Waals surface area (Å²) in [5.41, 5.74) is 0.830. The second-order valence-electron chi connectivity index (χ2n) is 6.28. The van der Waals surface area contributed by atoms with E-state index in [-0.39, 0.29) is 11.7 Å². The van der Waals surface area contributed by atoms with Crippen molar-refractivity contribution in [3.05, 3.63) is 18.6 Å². The lowest BCUT2D eigenvalue weighted by Crippen LogP contribution is -2.32. The molecule has 22 heavy (non-hydrogen) atoms. The number of rotatable bonds is 3. The Morgan fingerprint density at radius 2 is 2.14 bits per heavy atom. The zero-order chi connectivity index (χ0) is 14.8. The number of aromatic nitrogens is 6. The Bertz CT molecular complexity index is 622. The van der Waals surface area contributed by atoms with Crippen molar-refractivity contribution in [3.8, 4) is 11.5 Å². The topological polar surface area (TPSA) is 78.6 Å². The van der Waals surface area contributed by atoms with Crippen molar-refractivity contribution in [2.24, 2.45) is 0 Å². The highest BCUT2D eigenvalue weighted by Crippen LogP contribution is 2.42. The van der Waals surface area contributed by atoms with Crippen LogP contribution >= 0.6 is 0 Å². The van der Waals surface area contributed by atoms with Gasteiger partial charge in [0, 0.05) is 6.20 Å². The van der Waals surface area contributed by atoms with Crippen molar-refractivity contribution < 1.29 is 4.74 Å². The standard InChI is InChI=1S/C15H20N6O/c1-2-6-15(7-3-1)8-4-12(22-15)10-21-19-14(18-20-21)13-5-9-16-11-17-13/h5,9,11-12H,1-4,6-8,10H2/t12-/m1/s1. The van der Waals surface area contributed by atoms with Crippen LogP contribution in [0.3, 0.4) is 0 Å². The van der Waals surface area contributed by atoms with Gasteiger partial charge in [-0.15, -0.1) is 10.2 Å². The maximum absolute atomic E-state index is 6.35. The smallest absolute Gasteiger partial charge is 0.223 e. The minimum absolute atomic E-state index is 0.138. The van der Waals surface area contributed by atoms with Gasteiger partial charge < -0.3 is 4.74 Å². The number of tetrazole rings is 1. The van der Waals surface area contributed by atoms with E-state index in [2.05, 4.69) is 25.4 Å². The zero-order valence-electron chi connectivity index (χ0n) is 12.6. The molecule has 1 aliphatic carbocycles. The molecule has 0 N–H and O–H groups in total. The third kappa shape index (κ3) is 2.72. The molecule has 1 aliphatic heterocycles. The van der Waals surface area contributed by atoms with Crippen LogP contribution in [-0.2, 0) is 11.3 Å². The number of hydrogen-bond donors (Lipinski definition) is 0. The zero-order valence-corrected chi connectivity index (χ0v) is 12.6. The van der Waals surface area contributed by atoms with Crippen LogP contribution in [0.4, 0.5) is 0 Å². The first kappa shape index (κ1) is 13.8. The van der Waals surface area contributed by atoms with Crippen LogP contribution in [0.2, 0.25) is 0 Å². The number of nitrogens with zero attached hydrogens (tertiary/aromatic N) is 6. The summed E-state index contributed by atoms with van der Waals surface area (Å²) < 4.78 is 6.35. The summed E-state index contributed by atoms with van der Waals surface area (Å²) in [6.45, 7) is 0.667. The molecule has 0 radical (unpaired) electrons. The Balaban J connectivity index is 1.41. The monoisotopic (exact) mass is 300 g/mol. The molecule has 1 saturated heterocycles. The van der Waals surface area contributed by atoms with Gasteiger partial charge in [-0.25, -0.2) is 9.97 Å². The van der Waals surface area contributed by atoms with Gasteiger partial charge in [-0.1, -0.05) is 19.3 Å². The maximum atomic E-state index is 6.35. The first-order valence-corrected chi connectivity index (χ1v) is 8.05. The van der Waals surface area contributed by atoms with E-state index in [9.17, 15) is 0 Å². The third-order valence-electron chi connectivity index (χ3n) is 4.73. The molecule has 4 rings (SSSR count). The fraction of sp³-hybridized carbons (Fsp3) is 0.667. The molecule has 2 aromatic heterocycles. The molecule has 2 aromatic rings. The summed E-state index contributed by atoms with van der Waals surface area (Å²) in [6, 6.07) is 1.78. The summed E-state index contributed by atoms with van der Waals surface area (Å²) in [5, 5.41) is 12.6. The van der Waals surface area contributed by atoms with Crippen molar-refractivity contribution in [2.75, 3.05) is 0 Å². The summed E-state index contributed by atoms with van der Waals surface area (Å²) >= 11 is 0. The lowest BCUT2D eigenvalue weighted by Gasteiger charge is -2.33. The van der Waals surface area contributed by atoms with Gasteiger partial charge in [0.15, 0.2) is 0 Å². The molecule has 1 spiro atoms. The fourth-order valence-corrected chi connectivity index (χ4v) is 3.62. The van der Waals surface area contributed by atoms with Gasteiger partial charge in [-0.05, 0) is 37.0 Å². The molecule has 116 valence electrons. The van der Waals surface area contributed by atoms with Crippen LogP contribution in [0.5, 0.6) is 0 Å². The van der Waals surface area contributed by atoms with Crippen LogP contribution in [-0.4, -0.2) is 41.9 Å². The maximum Gasteiger partial charge on any atom is 0.223 e. The molecular weight excluding hydrogens is 280 g/mol. The minimum atomic E-state index is 0.138. The van der Waals surface area contributed by atoms with E-state index in [0.717, 1.165) is 6.42 Å². The fourth-order valence-electron chi connectivity index (χ4n) is 3.62. The Kier molecular flexibility index (Phi) is 3.57. The van der Waals surface area contributed by atoms with Crippen molar-refractivity contribution in [1.29, 1.82) is 0 Å². The van der Waals surface area contributed by atoms with Gasteiger partial charge in [-0.3, -0.25) is 0 Å². The van der Waals surface area contributed by atoms with E-state index in [1.807, 2.05) is 0 Å². The van der Waals surface area contributed by atoms with Crippen LogP contribution in [0, 0.1) is 0 Å². The summed E-state index contributed by atoms with van der Waals surface area (Å²) in [7, 11) is 0. The van der Waals surface area contributed by atoms with E-state index in [1.54, 1.807) is 17.1 Å². The van der Waals surface area contributed by atoms with Crippen molar-refractivity contribution >= 4 is 0 Å². The number of ether oxygens (including phenoxy) is 1. The molecule has 0 amide bonds. The first-order chi connectivity index (χ1) is 10.8. The third-order valence-corrected chi connectivity index (χ3v) is 4.73. The molecule has 1 saturated carbocycles. The number of hydrogen-bond acceptors (Lipinski definition) is 6. The lowest BCUT2D eigenvalue weighted by molar-refractivity contribution is -0.0699. The Hall–Kier alpha value is -1.89. The minimum Gasteiger partial charge on any atom is -0.370 e. The quantitative estimate of drug-likeness (QED) is 0.863. The molecule has 7 nitrogen and oxygen atoms in total. The van der Waals surface area contributed by atoms with Crippen molar-refractivity contribution in [3.63, 3.8) is 0 Å². The molecule has 0 bridgehead atoms. The molecule has 7 heteroatoms. The van der Waals surface area contributed by atoms with E-state index < -0.39 is 0 Å². The van der Waals surface area contributed by atoms with Gasteiger partial charge in [0.2, 0.25) is 5.82 Å². The molecule has 0 unspecified atom stereocenters. The van der Waals surface area contributed by atoms with Gasteiger partial charge in [-0.2, -0.15) is 4.80 Å². The molecule has 3 heterocycles. The van der Waals surface area contributed by atoms with Gasteiger partial charge in [0.05, 0.1) is 18.2 Å². The lowest BCUT2D eigenvalue weighted by atomic mass is 9.83. The van der Waals surface area contributed by atoms with Crippen LogP contribution in [0.1, 0.15) is 44.9 Å². The predicted octanol–water partition coefficient (Wildman–Crippen LogP) is 2.01. The molecular formula is C15H20N6O. The van der Waals surface area contributed by atoms with Gasteiger partial charge in [0.1, 0.15) is 12.0 Å². The van der Waals surface area contributed by atoms with E-state index in [1.165, 1.54) is 44.9 Å². The molecule has 1 atom stereocenters. The van der Waals surface area contributed by atoms with Gasteiger partial charge >= 0.3 is 0 Å². The Labute approximate surface area is 129 Å².